The topological polar surface area (TPSA) is 26.3 Å². The lowest BCUT2D eigenvalue weighted by Gasteiger charge is -2.10. The molecule has 0 amide bonds. The molecule has 0 saturated carbocycles. The molecule has 3 aromatic carbocycles. The van der Waals surface area contributed by atoms with Gasteiger partial charge in [0.25, 0.3) is 0 Å². The molecule has 0 aromatic heterocycles. The van der Waals surface area contributed by atoms with E-state index in [0.29, 0.717) is 37.0 Å². The fraction of sp³-hybridized carbons (Fsp3) is 0.0870. The van der Waals surface area contributed by atoms with Crippen molar-refractivity contribution in [2.24, 2.45) is 0 Å². The van der Waals surface area contributed by atoms with Crippen LogP contribution in [0.25, 0.3) is 6.08 Å². The molecular weight excluding hydrogens is 447 g/mol. The lowest BCUT2D eigenvalue weighted by molar-refractivity contribution is 0.104. The molecule has 0 heterocycles. The second-order valence-electron chi connectivity index (χ2n) is 6.12. The molecule has 3 aromatic rings. The number of carbonyl (C=O) groups excluding carboxylic acids is 1. The summed E-state index contributed by atoms with van der Waals surface area (Å²) >= 11 is 19.5. The van der Waals surface area contributed by atoms with Gasteiger partial charge in [-0.1, -0.05) is 59.1 Å². The van der Waals surface area contributed by atoms with Crippen LogP contribution < -0.4 is 4.74 Å². The number of para-hydroxylation sites is 1. The van der Waals surface area contributed by atoms with Gasteiger partial charge in [0.1, 0.15) is 5.75 Å². The predicted octanol–water partition coefficient (Wildman–Crippen LogP) is 7.81. The van der Waals surface area contributed by atoms with Gasteiger partial charge in [-0.25, -0.2) is 0 Å². The van der Waals surface area contributed by atoms with Crippen LogP contribution in [0, 0.1) is 0 Å². The van der Waals surface area contributed by atoms with Crippen LogP contribution in [-0.2, 0) is 5.75 Å². The summed E-state index contributed by atoms with van der Waals surface area (Å²) in [5, 5.41) is 1.58. The summed E-state index contributed by atoms with van der Waals surface area (Å²) in [4.78, 5) is 13.8. The first-order valence-electron chi connectivity index (χ1n) is 8.69. The zero-order chi connectivity index (χ0) is 20.8. The van der Waals surface area contributed by atoms with Gasteiger partial charge in [0.05, 0.1) is 22.1 Å². The average molecular weight is 464 g/mol. The maximum absolute atomic E-state index is 13.2. The van der Waals surface area contributed by atoms with E-state index >= 15 is 0 Å². The first-order chi connectivity index (χ1) is 14.0. The van der Waals surface area contributed by atoms with Crippen molar-refractivity contribution in [3.63, 3.8) is 0 Å². The zero-order valence-corrected chi connectivity index (χ0v) is 18.6. The molecule has 6 heteroatoms. The first kappa shape index (κ1) is 21.8. The highest BCUT2D eigenvalue weighted by Crippen LogP contribution is 2.32. The number of ether oxygens (including phenoxy) is 1. The summed E-state index contributed by atoms with van der Waals surface area (Å²) in [7, 11) is 1.61. The van der Waals surface area contributed by atoms with Gasteiger partial charge >= 0.3 is 0 Å². The molecule has 2 nitrogen and oxygen atoms in total. The number of thioether (sulfide) groups is 1. The van der Waals surface area contributed by atoms with Gasteiger partial charge in [0, 0.05) is 21.9 Å². The van der Waals surface area contributed by atoms with Crippen molar-refractivity contribution in [1.82, 2.24) is 0 Å². The molecule has 0 aliphatic heterocycles. The summed E-state index contributed by atoms with van der Waals surface area (Å²) in [6.45, 7) is 0. The number of halogens is 3. The molecule has 148 valence electrons. The number of ketones is 1. The summed E-state index contributed by atoms with van der Waals surface area (Å²) < 4.78 is 5.42. The molecule has 0 unspecified atom stereocenters. The minimum absolute atomic E-state index is 0.0855. The second-order valence-corrected chi connectivity index (χ2v) is 8.39. The number of methoxy groups -OCH3 is 1. The Kier molecular flexibility index (Phi) is 7.68. The standard InChI is InChI=1S/C23H17Cl3O2S/c1-28-21-5-3-2-4-17(21)13-22(23(27)16-7-9-18(24)10-8-16)29-14-15-6-11-19(25)20(26)12-15/h2-13H,14H2,1H3/b22-13+. The van der Waals surface area contributed by atoms with Crippen molar-refractivity contribution in [3.05, 3.63) is 103 Å². The molecule has 0 saturated heterocycles. The van der Waals surface area contributed by atoms with E-state index in [2.05, 4.69) is 0 Å². The van der Waals surface area contributed by atoms with E-state index < -0.39 is 0 Å². The van der Waals surface area contributed by atoms with Crippen molar-refractivity contribution >= 4 is 58.4 Å². The molecular formula is C23H17Cl3O2S. The molecule has 0 spiro atoms. The van der Waals surface area contributed by atoms with Crippen molar-refractivity contribution in [2.45, 2.75) is 5.75 Å². The molecule has 0 aliphatic rings. The molecule has 0 fully saturated rings. The molecule has 0 radical (unpaired) electrons. The monoisotopic (exact) mass is 462 g/mol. The zero-order valence-electron chi connectivity index (χ0n) is 15.5. The van der Waals surface area contributed by atoms with Crippen LogP contribution in [-0.4, -0.2) is 12.9 Å². The van der Waals surface area contributed by atoms with E-state index in [0.717, 1.165) is 11.1 Å². The van der Waals surface area contributed by atoms with Gasteiger partial charge in [-0.15, -0.1) is 11.8 Å². The number of hydrogen-bond acceptors (Lipinski definition) is 3. The molecule has 0 atom stereocenters. The summed E-state index contributed by atoms with van der Waals surface area (Å²) in [6.07, 6.45) is 1.85. The highest BCUT2D eigenvalue weighted by Gasteiger charge is 2.15. The molecule has 0 N–H and O–H groups in total. The minimum Gasteiger partial charge on any atom is -0.496 e. The molecule has 0 aliphatic carbocycles. The van der Waals surface area contributed by atoms with E-state index in [9.17, 15) is 4.79 Å². The molecule has 29 heavy (non-hydrogen) atoms. The second kappa shape index (κ2) is 10.2. The van der Waals surface area contributed by atoms with Gasteiger partial charge in [0.15, 0.2) is 5.78 Å². The maximum Gasteiger partial charge on any atom is 0.199 e. The average Bonchev–Trinajstić information content (AvgIpc) is 2.74. The van der Waals surface area contributed by atoms with Gasteiger partial charge in [-0.2, -0.15) is 0 Å². The number of Topliss-reactive ketones (excluding diaryl/α,β-unsaturated/α-hetero) is 1. The SMILES string of the molecule is COc1ccccc1/C=C(/SCc1ccc(Cl)c(Cl)c1)C(=O)c1ccc(Cl)cc1. The predicted molar refractivity (Wildman–Crippen MR) is 125 cm³/mol. The minimum atomic E-state index is -0.0855. The molecule has 3 rings (SSSR count). The smallest absolute Gasteiger partial charge is 0.199 e. The Hall–Kier alpha value is -1.91. The van der Waals surface area contributed by atoms with E-state index in [1.54, 1.807) is 37.4 Å². The fourth-order valence-electron chi connectivity index (χ4n) is 2.63. The quantitative estimate of drug-likeness (QED) is 0.264. The highest BCUT2D eigenvalue weighted by molar-refractivity contribution is 8.03. The van der Waals surface area contributed by atoms with Crippen LogP contribution in [0.5, 0.6) is 5.75 Å². The third-order valence-electron chi connectivity index (χ3n) is 4.13. The van der Waals surface area contributed by atoms with Crippen molar-refractivity contribution in [3.8, 4) is 5.75 Å². The molecule has 0 bridgehead atoms. The summed E-state index contributed by atoms with van der Waals surface area (Å²) in [5.41, 5.74) is 2.37. The summed E-state index contributed by atoms with van der Waals surface area (Å²) in [5.74, 6) is 1.18. The number of rotatable bonds is 7. The van der Waals surface area contributed by atoms with Crippen LogP contribution in [0.15, 0.2) is 71.6 Å². The van der Waals surface area contributed by atoms with Crippen molar-refractivity contribution in [2.75, 3.05) is 7.11 Å². The Labute approximate surface area is 189 Å². The number of allylic oxidation sites excluding steroid dienone is 1. The fourth-order valence-corrected chi connectivity index (χ4v) is 4.04. The largest absolute Gasteiger partial charge is 0.496 e. The highest BCUT2D eigenvalue weighted by atomic mass is 35.5. The van der Waals surface area contributed by atoms with Gasteiger partial charge in [0.2, 0.25) is 0 Å². The Morgan fingerprint density at radius 1 is 0.966 bits per heavy atom. The lowest BCUT2D eigenvalue weighted by atomic mass is 10.1. The van der Waals surface area contributed by atoms with Crippen molar-refractivity contribution < 1.29 is 9.53 Å². The Bertz CT molecular complexity index is 1050. The van der Waals surface area contributed by atoms with Crippen LogP contribution in [0.4, 0.5) is 0 Å². The van der Waals surface area contributed by atoms with E-state index in [-0.39, 0.29) is 5.78 Å². The normalized spacial score (nSPS) is 11.4. The Balaban J connectivity index is 1.94. The maximum atomic E-state index is 13.2. The van der Waals surface area contributed by atoms with Gasteiger partial charge in [-0.3, -0.25) is 4.79 Å². The number of hydrogen-bond donors (Lipinski definition) is 0. The van der Waals surface area contributed by atoms with E-state index in [1.807, 2.05) is 42.5 Å². The summed E-state index contributed by atoms with van der Waals surface area (Å²) in [6, 6.07) is 19.9. The van der Waals surface area contributed by atoms with Gasteiger partial charge < -0.3 is 4.74 Å². The van der Waals surface area contributed by atoms with E-state index in [1.165, 1.54) is 11.8 Å². The first-order valence-corrected chi connectivity index (χ1v) is 10.8. The van der Waals surface area contributed by atoms with Crippen LogP contribution in [0.3, 0.4) is 0 Å². The van der Waals surface area contributed by atoms with Crippen LogP contribution >= 0.6 is 46.6 Å². The third kappa shape index (κ3) is 5.80. The van der Waals surface area contributed by atoms with Gasteiger partial charge in [-0.05, 0) is 54.1 Å². The van der Waals surface area contributed by atoms with Crippen LogP contribution in [0.2, 0.25) is 15.1 Å². The lowest BCUT2D eigenvalue weighted by Crippen LogP contribution is -2.02. The van der Waals surface area contributed by atoms with E-state index in [4.69, 9.17) is 39.5 Å². The Morgan fingerprint density at radius 2 is 1.69 bits per heavy atom. The number of carbonyl (C=O) groups is 1. The number of benzene rings is 3. The third-order valence-corrected chi connectivity index (χ3v) is 6.22. The Morgan fingerprint density at radius 3 is 2.38 bits per heavy atom. The van der Waals surface area contributed by atoms with Crippen LogP contribution in [0.1, 0.15) is 21.5 Å². The van der Waals surface area contributed by atoms with Crippen molar-refractivity contribution in [1.29, 1.82) is 0 Å².